The van der Waals surface area contributed by atoms with Crippen molar-refractivity contribution in [1.82, 2.24) is 19.7 Å². The minimum atomic E-state index is -0.170. The molecule has 2 aromatic heterocycles. The molecule has 8 heteroatoms. The molecule has 1 spiro atoms. The second-order valence-electron chi connectivity index (χ2n) is 13.2. The molecule has 5 heterocycles. The molecule has 0 unspecified atom stereocenters. The molecule has 7 rings (SSSR count). The first kappa shape index (κ1) is 29.5. The summed E-state index contributed by atoms with van der Waals surface area (Å²) >= 11 is 0. The lowest BCUT2D eigenvalue weighted by molar-refractivity contribution is -0.141. The van der Waals surface area contributed by atoms with Crippen LogP contribution in [0.2, 0.25) is 0 Å². The van der Waals surface area contributed by atoms with E-state index in [9.17, 15) is 4.79 Å². The number of hydrogen-bond acceptors (Lipinski definition) is 7. The van der Waals surface area contributed by atoms with Gasteiger partial charge in [-0.05, 0) is 99.6 Å². The van der Waals surface area contributed by atoms with Gasteiger partial charge in [0.1, 0.15) is 5.82 Å². The number of aromatic nitrogens is 3. The van der Waals surface area contributed by atoms with Crippen LogP contribution < -0.4 is 10.2 Å². The lowest BCUT2D eigenvalue weighted by Gasteiger charge is -2.41. The summed E-state index contributed by atoms with van der Waals surface area (Å²) in [4.78, 5) is 22.7. The molecule has 8 nitrogen and oxygen atoms in total. The van der Waals surface area contributed by atoms with E-state index < -0.39 is 0 Å². The first-order chi connectivity index (χ1) is 21.9. The van der Waals surface area contributed by atoms with E-state index >= 15 is 0 Å². The Bertz CT molecular complexity index is 1690. The van der Waals surface area contributed by atoms with Gasteiger partial charge in [-0.2, -0.15) is 5.10 Å². The average Bonchev–Trinajstić information content (AvgIpc) is 3.56. The number of anilines is 2. The number of piperidine rings is 1. The fourth-order valence-corrected chi connectivity index (χ4v) is 7.80. The van der Waals surface area contributed by atoms with Crippen molar-refractivity contribution in [2.75, 3.05) is 50.1 Å². The van der Waals surface area contributed by atoms with Gasteiger partial charge in [-0.1, -0.05) is 36.4 Å². The first-order valence-electron chi connectivity index (χ1n) is 16.4. The molecule has 0 radical (unpaired) electrons. The summed E-state index contributed by atoms with van der Waals surface area (Å²) in [5.41, 5.74) is 9.68. The van der Waals surface area contributed by atoms with Crippen LogP contribution in [0.5, 0.6) is 0 Å². The SMILES string of the molecule is COC(=O)C[C@H](CN1CCC2(CC1)CN(Cc1ccc3c(n1)NCCC3)c1ccccc12)c1cccc(-n2nc(C)cc2C)c1. The van der Waals surface area contributed by atoms with Crippen LogP contribution in [-0.2, 0) is 27.9 Å². The van der Waals surface area contributed by atoms with Crippen molar-refractivity contribution in [1.29, 1.82) is 0 Å². The number of ether oxygens (including phenoxy) is 1. The van der Waals surface area contributed by atoms with Gasteiger partial charge in [0.05, 0.1) is 37.2 Å². The number of nitrogens with zero attached hydrogens (tertiary/aromatic N) is 5. The summed E-state index contributed by atoms with van der Waals surface area (Å²) in [5, 5.41) is 8.19. The highest BCUT2D eigenvalue weighted by Crippen LogP contribution is 2.47. The Balaban J connectivity index is 1.07. The third-order valence-corrected chi connectivity index (χ3v) is 10.1. The summed E-state index contributed by atoms with van der Waals surface area (Å²) in [6.07, 6.45) is 4.83. The number of benzene rings is 2. The monoisotopic (exact) mass is 604 g/mol. The molecule has 3 aliphatic heterocycles. The quantitative estimate of drug-likeness (QED) is 0.250. The Morgan fingerprint density at radius 3 is 2.69 bits per heavy atom. The van der Waals surface area contributed by atoms with E-state index in [-0.39, 0.29) is 17.3 Å². The number of para-hydroxylation sites is 1. The van der Waals surface area contributed by atoms with E-state index in [0.29, 0.717) is 6.42 Å². The zero-order chi connectivity index (χ0) is 31.0. The first-order valence-corrected chi connectivity index (χ1v) is 16.4. The molecule has 234 valence electrons. The maximum Gasteiger partial charge on any atom is 0.306 e. The van der Waals surface area contributed by atoms with Gasteiger partial charge < -0.3 is 19.9 Å². The molecule has 0 amide bonds. The minimum Gasteiger partial charge on any atom is -0.469 e. The van der Waals surface area contributed by atoms with Gasteiger partial charge in [-0.15, -0.1) is 0 Å². The number of likely N-dealkylation sites (tertiary alicyclic amines) is 1. The van der Waals surface area contributed by atoms with Crippen molar-refractivity contribution < 1.29 is 9.53 Å². The summed E-state index contributed by atoms with van der Waals surface area (Å²) in [6.45, 7) is 9.75. The van der Waals surface area contributed by atoms with Crippen LogP contribution in [0.4, 0.5) is 11.5 Å². The van der Waals surface area contributed by atoms with Gasteiger partial charge >= 0.3 is 5.97 Å². The van der Waals surface area contributed by atoms with Gasteiger partial charge in [0, 0.05) is 42.3 Å². The zero-order valence-electron chi connectivity index (χ0n) is 26.8. The maximum absolute atomic E-state index is 12.6. The second kappa shape index (κ2) is 12.3. The normalized spacial score (nSPS) is 17.9. The minimum absolute atomic E-state index is 0.0412. The van der Waals surface area contributed by atoms with Gasteiger partial charge in [0.25, 0.3) is 0 Å². The number of carbonyl (C=O) groups is 1. The maximum atomic E-state index is 12.6. The molecule has 1 fully saturated rings. The second-order valence-corrected chi connectivity index (χ2v) is 13.2. The third-order valence-electron chi connectivity index (χ3n) is 10.1. The van der Waals surface area contributed by atoms with Crippen LogP contribution in [0, 0.1) is 13.8 Å². The summed E-state index contributed by atoms with van der Waals surface area (Å²) in [5.74, 6) is 0.937. The summed E-state index contributed by atoms with van der Waals surface area (Å²) in [7, 11) is 1.48. The van der Waals surface area contributed by atoms with Crippen LogP contribution in [0.3, 0.4) is 0 Å². The molecule has 0 bridgehead atoms. The molecule has 1 atom stereocenters. The Morgan fingerprint density at radius 2 is 1.89 bits per heavy atom. The lowest BCUT2D eigenvalue weighted by Crippen LogP contribution is -2.46. The fraction of sp³-hybridized carbons (Fsp3) is 0.432. The lowest BCUT2D eigenvalue weighted by atomic mass is 9.74. The Hall–Kier alpha value is -4.17. The summed E-state index contributed by atoms with van der Waals surface area (Å²) in [6, 6.07) is 24.1. The van der Waals surface area contributed by atoms with E-state index in [0.717, 1.165) is 92.7 Å². The molecule has 1 N–H and O–H groups in total. The highest BCUT2D eigenvalue weighted by molar-refractivity contribution is 5.70. The van der Waals surface area contributed by atoms with Crippen LogP contribution in [0.15, 0.2) is 66.7 Å². The predicted molar refractivity (Wildman–Crippen MR) is 178 cm³/mol. The van der Waals surface area contributed by atoms with Crippen molar-refractivity contribution in [3.63, 3.8) is 0 Å². The van der Waals surface area contributed by atoms with E-state index in [1.165, 1.54) is 30.3 Å². The molecule has 4 aromatic rings. The summed E-state index contributed by atoms with van der Waals surface area (Å²) < 4.78 is 7.13. The smallest absolute Gasteiger partial charge is 0.306 e. The standard InChI is InChI=1S/C37H44N6O2/c1-26-20-27(2)43(40-26)32-10-6-8-29(21-32)30(22-35(44)45-3)23-41-18-15-37(16-19-41)25-42(34-12-5-4-11-33(34)37)24-31-14-13-28-9-7-17-38-36(28)39-31/h4-6,8,10-14,20-21,30H,7,9,15-19,22-25H2,1-3H3,(H,38,39)/t30-/m1/s1. The molecule has 1 saturated heterocycles. The molecular formula is C37H44N6O2. The number of nitrogens with one attached hydrogen (secondary N) is 1. The Kier molecular flexibility index (Phi) is 8.08. The molecule has 0 aliphatic carbocycles. The Labute approximate surface area is 266 Å². The number of carbonyl (C=O) groups excluding carboxylic acids is 1. The van der Waals surface area contributed by atoms with E-state index in [1.54, 1.807) is 0 Å². The van der Waals surface area contributed by atoms with Crippen molar-refractivity contribution in [3.8, 4) is 5.69 Å². The van der Waals surface area contributed by atoms with Crippen molar-refractivity contribution in [3.05, 3.63) is 101 Å². The number of esters is 1. The van der Waals surface area contributed by atoms with Crippen molar-refractivity contribution in [2.24, 2.45) is 0 Å². The van der Waals surface area contributed by atoms with E-state index in [1.807, 2.05) is 11.6 Å². The number of hydrogen-bond donors (Lipinski definition) is 1. The van der Waals surface area contributed by atoms with E-state index in [4.69, 9.17) is 9.72 Å². The van der Waals surface area contributed by atoms with Crippen LogP contribution in [0.1, 0.15) is 65.4 Å². The molecule has 0 saturated carbocycles. The molecule has 45 heavy (non-hydrogen) atoms. The van der Waals surface area contributed by atoms with Crippen LogP contribution in [0.25, 0.3) is 5.69 Å². The third kappa shape index (κ3) is 5.96. The molecule has 2 aromatic carbocycles. The van der Waals surface area contributed by atoms with Crippen LogP contribution in [-0.4, -0.2) is 65.5 Å². The van der Waals surface area contributed by atoms with Gasteiger partial charge in [0.2, 0.25) is 0 Å². The number of methoxy groups -OCH3 is 1. The number of rotatable bonds is 8. The zero-order valence-corrected chi connectivity index (χ0v) is 26.8. The predicted octanol–water partition coefficient (Wildman–Crippen LogP) is 5.94. The van der Waals surface area contributed by atoms with Gasteiger partial charge in [-0.25, -0.2) is 9.67 Å². The highest BCUT2D eigenvalue weighted by atomic mass is 16.5. The number of aryl methyl sites for hydroxylation is 3. The molecule has 3 aliphatic rings. The van der Waals surface area contributed by atoms with Gasteiger partial charge in [0.15, 0.2) is 0 Å². The van der Waals surface area contributed by atoms with Gasteiger partial charge in [-0.3, -0.25) is 4.79 Å². The topological polar surface area (TPSA) is 75.5 Å². The Morgan fingerprint density at radius 1 is 1.04 bits per heavy atom. The van der Waals surface area contributed by atoms with Crippen LogP contribution >= 0.6 is 0 Å². The highest BCUT2D eigenvalue weighted by Gasteiger charge is 2.44. The fourth-order valence-electron chi connectivity index (χ4n) is 7.80. The van der Waals surface area contributed by atoms with Crippen molar-refractivity contribution in [2.45, 2.75) is 63.8 Å². The van der Waals surface area contributed by atoms with E-state index in [2.05, 4.69) is 93.9 Å². The molecular weight excluding hydrogens is 560 g/mol. The average molecular weight is 605 g/mol. The number of fused-ring (bicyclic) bond motifs is 3. The largest absolute Gasteiger partial charge is 0.469 e. The van der Waals surface area contributed by atoms with Crippen molar-refractivity contribution >= 4 is 17.5 Å². The number of pyridine rings is 1.